The Morgan fingerprint density at radius 3 is 2.07 bits per heavy atom. The van der Waals surface area contributed by atoms with E-state index < -0.39 is 21.9 Å². The molecule has 0 radical (unpaired) electrons. The third kappa shape index (κ3) is 9.14. The second-order valence-corrected chi connectivity index (χ2v) is 12.9. The zero-order valence-electron chi connectivity index (χ0n) is 24.1. The number of sulfonamides is 1. The van der Waals surface area contributed by atoms with Gasteiger partial charge in [-0.2, -0.15) is 0 Å². The Balaban J connectivity index is 1.56. The van der Waals surface area contributed by atoms with Crippen LogP contribution in [0.15, 0.2) is 84.9 Å². The zero-order valence-corrected chi connectivity index (χ0v) is 24.9. The van der Waals surface area contributed by atoms with Gasteiger partial charge in [-0.1, -0.05) is 79.9 Å². The molecule has 7 nitrogen and oxygen atoms in total. The molecule has 1 atom stereocenters. The fraction of sp³-hybridized carbons (Fsp3) is 0.394. The maximum atomic E-state index is 13.9. The summed E-state index contributed by atoms with van der Waals surface area (Å²) in [5.41, 5.74) is 2.19. The van der Waals surface area contributed by atoms with Crippen molar-refractivity contribution in [2.24, 2.45) is 0 Å². The van der Waals surface area contributed by atoms with Crippen LogP contribution in [0.2, 0.25) is 0 Å². The van der Waals surface area contributed by atoms with E-state index >= 15 is 0 Å². The van der Waals surface area contributed by atoms with Crippen molar-refractivity contribution in [1.82, 2.24) is 10.2 Å². The lowest BCUT2D eigenvalue weighted by Gasteiger charge is -2.34. The van der Waals surface area contributed by atoms with Crippen molar-refractivity contribution in [3.63, 3.8) is 0 Å². The average molecular weight is 594 g/mol. The van der Waals surface area contributed by atoms with Gasteiger partial charge in [-0.3, -0.25) is 13.9 Å². The quantitative estimate of drug-likeness (QED) is 0.285. The predicted octanol–water partition coefficient (Wildman–Crippen LogP) is 5.46. The van der Waals surface area contributed by atoms with Crippen molar-refractivity contribution < 1.29 is 22.4 Å². The summed E-state index contributed by atoms with van der Waals surface area (Å²) in [5, 5.41) is 3.23. The molecule has 224 valence electrons. The number of halogens is 1. The van der Waals surface area contributed by atoms with Crippen molar-refractivity contribution in [2.45, 2.75) is 70.0 Å². The highest BCUT2D eigenvalue weighted by Gasteiger charge is 2.32. The largest absolute Gasteiger partial charge is 0.352 e. The minimum Gasteiger partial charge on any atom is -0.352 e. The van der Waals surface area contributed by atoms with Crippen molar-refractivity contribution in [2.75, 3.05) is 17.1 Å². The van der Waals surface area contributed by atoms with Crippen molar-refractivity contribution in [3.05, 3.63) is 102 Å². The zero-order chi connectivity index (χ0) is 30.0. The van der Waals surface area contributed by atoms with Gasteiger partial charge in [0.25, 0.3) is 0 Å². The molecule has 1 fully saturated rings. The molecule has 0 saturated heterocycles. The molecule has 0 unspecified atom stereocenters. The molecule has 3 aromatic rings. The van der Waals surface area contributed by atoms with Gasteiger partial charge in [-0.15, -0.1) is 0 Å². The lowest BCUT2D eigenvalue weighted by atomic mass is 9.94. The second kappa shape index (κ2) is 15.0. The molecule has 0 aromatic heterocycles. The first kappa shape index (κ1) is 31.2. The standard InChI is InChI=1S/C33H40FN3O4S/c1-42(40,41)37(30-21-19-28(34)20-22-30)23-11-18-32(38)36(25-27-14-7-3-8-15-27)31(24-26-12-5-2-6-13-26)33(39)35-29-16-9-4-10-17-29/h2-3,5-8,12-15,19-22,29,31H,4,9-11,16-18,23-25H2,1H3,(H,35,39)/t31-/m1/s1. The van der Waals surface area contributed by atoms with Crippen LogP contribution in [0.25, 0.3) is 0 Å². The van der Waals surface area contributed by atoms with Gasteiger partial charge in [0.2, 0.25) is 21.8 Å². The van der Waals surface area contributed by atoms with E-state index in [-0.39, 0.29) is 43.8 Å². The fourth-order valence-corrected chi connectivity index (χ4v) is 6.46. The molecule has 1 N–H and O–H groups in total. The molecule has 4 rings (SSSR count). The minimum atomic E-state index is -3.66. The van der Waals surface area contributed by atoms with Crippen LogP contribution in [0.5, 0.6) is 0 Å². The Kier molecular flexibility index (Phi) is 11.1. The molecule has 0 bridgehead atoms. The minimum absolute atomic E-state index is 0.0437. The van der Waals surface area contributed by atoms with E-state index in [4.69, 9.17) is 0 Å². The molecule has 1 aliphatic rings. The van der Waals surface area contributed by atoms with Crippen molar-refractivity contribution >= 4 is 27.5 Å². The molecule has 9 heteroatoms. The number of benzene rings is 3. The normalized spacial score (nSPS) is 14.6. The van der Waals surface area contributed by atoms with Crippen LogP contribution in [0.1, 0.15) is 56.1 Å². The van der Waals surface area contributed by atoms with Crippen molar-refractivity contribution in [3.8, 4) is 0 Å². The fourth-order valence-electron chi connectivity index (χ4n) is 5.49. The van der Waals surface area contributed by atoms with E-state index in [1.807, 2.05) is 60.7 Å². The molecule has 1 aliphatic carbocycles. The van der Waals surface area contributed by atoms with E-state index in [0.29, 0.717) is 12.1 Å². The van der Waals surface area contributed by atoms with Gasteiger partial charge in [0.1, 0.15) is 11.9 Å². The van der Waals surface area contributed by atoms with E-state index in [1.54, 1.807) is 4.90 Å². The summed E-state index contributed by atoms with van der Waals surface area (Å²) in [4.78, 5) is 29.4. The summed E-state index contributed by atoms with van der Waals surface area (Å²) in [6, 6.07) is 23.8. The van der Waals surface area contributed by atoms with Gasteiger partial charge < -0.3 is 10.2 Å². The average Bonchev–Trinajstić information content (AvgIpc) is 2.98. The van der Waals surface area contributed by atoms with E-state index in [2.05, 4.69) is 5.32 Å². The van der Waals surface area contributed by atoms with Gasteiger partial charge in [0.15, 0.2) is 0 Å². The van der Waals surface area contributed by atoms with Crippen molar-refractivity contribution in [1.29, 1.82) is 0 Å². The first-order valence-electron chi connectivity index (χ1n) is 14.6. The molecule has 3 aromatic carbocycles. The summed E-state index contributed by atoms with van der Waals surface area (Å²) < 4.78 is 39.7. The van der Waals surface area contributed by atoms with E-state index in [1.165, 1.54) is 35.0 Å². The topological polar surface area (TPSA) is 86.8 Å². The van der Waals surface area contributed by atoms with Gasteiger partial charge in [0, 0.05) is 32.0 Å². The van der Waals surface area contributed by atoms with Crippen LogP contribution in [-0.2, 0) is 32.6 Å². The predicted molar refractivity (Wildman–Crippen MR) is 164 cm³/mol. The number of amides is 2. The molecule has 0 aliphatic heterocycles. The van der Waals surface area contributed by atoms with E-state index in [9.17, 15) is 22.4 Å². The Labute approximate surface area is 248 Å². The van der Waals surface area contributed by atoms with Gasteiger partial charge in [0.05, 0.1) is 11.9 Å². The maximum absolute atomic E-state index is 13.9. The molecule has 42 heavy (non-hydrogen) atoms. The SMILES string of the molecule is CS(=O)(=O)N(CCCC(=O)N(Cc1ccccc1)[C@H](Cc1ccccc1)C(=O)NC1CCCCC1)c1ccc(F)cc1. The van der Waals surface area contributed by atoms with Crippen LogP contribution >= 0.6 is 0 Å². The highest BCUT2D eigenvalue weighted by Crippen LogP contribution is 2.22. The summed E-state index contributed by atoms with van der Waals surface area (Å²) in [6.07, 6.45) is 6.91. The monoisotopic (exact) mass is 593 g/mol. The number of nitrogens with one attached hydrogen (secondary N) is 1. The highest BCUT2D eigenvalue weighted by molar-refractivity contribution is 7.92. The number of anilines is 1. The molecular formula is C33H40FN3O4S. The highest BCUT2D eigenvalue weighted by atomic mass is 32.2. The molecule has 0 heterocycles. The first-order valence-corrected chi connectivity index (χ1v) is 16.5. The number of carbonyl (C=O) groups is 2. The first-order chi connectivity index (χ1) is 20.2. The number of hydrogen-bond donors (Lipinski definition) is 1. The van der Waals surface area contributed by atoms with Crippen LogP contribution in [0, 0.1) is 5.82 Å². The maximum Gasteiger partial charge on any atom is 0.243 e. The Morgan fingerprint density at radius 1 is 0.881 bits per heavy atom. The smallest absolute Gasteiger partial charge is 0.243 e. The van der Waals surface area contributed by atoms with Crippen LogP contribution in [-0.4, -0.2) is 50.0 Å². The summed E-state index contributed by atoms with van der Waals surface area (Å²) in [5.74, 6) is -0.861. The second-order valence-electron chi connectivity index (χ2n) is 11.0. The Bertz CT molecular complexity index is 1400. The van der Waals surface area contributed by atoms with Crippen LogP contribution in [0.3, 0.4) is 0 Å². The molecule has 0 spiro atoms. The van der Waals surface area contributed by atoms with Gasteiger partial charge in [-0.25, -0.2) is 12.8 Å². The van der Waals surface area contributed by atoms with Crippen LogP contribution < -0.4 is 9.62 Å². The Hall–Kier alpha value is -3.72. The third-order valence-electron chi connectivity index (χ3n) is 7.69. The number of nitrogens with zero attached hydrogens (tertiary/aromatic N) is 2. The molecular weight excluding hydrogens is 553 g/mol. The lowest BCUT2D eigenvalue weighted by molar-refractivity contribution is -0.141. The number of carbonyl (C=O) groups excluding carboxylic acids is 2. The van der Waals surface area contributed by atoms with Gasteiger partial charge in [-0.05, 0) is 54.7 Å². The number of rotatable bonds is 13. The third-order valence-corrected chi connectivity index (χ3v) is 8.88. The van der Waals surface area contributed by atoms with Crippen LogP contribution in [0.4, 0.5) is 10.1 Å². The van der Waals surface area contributed by atoms with E-state index in [0.717, 1.165) is 43.1 Å². The summed E-state index contributed by atoms with van der Waals surface area (Å²) >= 11 is 0. The lowest BCUT2D eigenvalue weighted by Crippen LogP contribution is -2.52. The summed E-state index contributed by atoms with van der Waals surface area (Å²) in [6.45, 7) is 0.302. The van der Waals surface area contributed by atoms with Gasteiger partial charge >= 0.3 is 0 Å². The molecule has 2 amide bonds. The summed E-state index contributed by atoms with van der Waals surface area (Å²) in [7, 11) is -3.66. The Morgan fingerprint density at radius 2 is 1.48 bits per heavy atom. The number of hydrogen-bond acceptors (Lipinski definition) is 4. The molecule has 1 saturated carbocycles.